The molecule has 1 saturated heterocycles. The van der Waals surface area contributed by atoms with E-state index in [1.807, 2.05) is 0 Å². The van der Waals surface area contributed by atoms with Gasteiger partial charge in [0.25, 0.3) is 0 Å². The number of hydrogen-bond acceptors (Lipinski definition) is 4. The minimum absolute atomic E-state index is 0.0917. The fraction of sp³-hybridized carbons (Fsp3) is 0.500. The first kappa shape index (κ1) is 21.6. The van der Waals surface area contributed by atoms with Crippen molar-refractivity contribution in [3.05, 3.63) is 35.6 Å². The first-order valence-electron chi connectivity index (χ1n) is 8.58. The molecule has 1 amide bonds. The van der Waals surface area contributed by atoms with Gasteiger partial charge >= 0.3 is 11.9 Å². The van der Waals surface area contributed by atoms with Gasteiger partial charge in [-0.1, -0.05) is 25.0 Å². The highest BCUT2D eigenvalue weighted by atomic mass is 19.1. The molecule has 0 aliphatic carbocycles. The normalized spacial score (nSPS) is 14.5. The number of nitrogens with zero attached hydrogens (tertiary/aromatic N) is 1. The zero-order valence-electron chi connectivity index (χ0n) is 14.6. The highest BCUT2D eigenvalue weighted by Gasteiger charge is 2.12. The van der Waals surface area contributed by atoms with Gasteiger partial charge in [0.05, 0.1) is 6.54 Å². The summed E-state index contributed by atoms with van der Waals surface area (Å²) in [5.41, 5.74) is 1.04. The fourth-order valence-electron chi connectivity index (χ4n) is 2.55. The van der Waals surface area contributed by atoms with Gasteiger partial charge in [0, 0.05) is 6.54 Å². The van der Waals surface area contributed by atoms with Crippen LogP contribution in [0.15, 0.2) is 24.3 Å². The fourth-order valence-corrected chi connectivity index (χ4v) is 2.55. The van der Waals surface area contributed by atoms with Crippen LogP contribution in [0.3, 0.4) is 0 Å². The molecule has 0 saturated carbocycles. The Morgan fingerprint density at radius 3 is 2.00 bits per heavy atom. The molecule has 0 atom stereocenters. The molecule has 7 nitrogen and oxygen atoms in total. The molecule has 8 heteroatoms. The van der Waals surface area contributed by atoms with Crippen molar-refractivity contribution in [3.63, 3.8) is 0 Å². The second-order valence-electron chi connectivity index (χ2n) is 6.03. The standard InChI is InChI=1S/C16H23FN2O.C2H2O4/c17-15-7-5-14(6-8-15)9-10-18-16(20)13-19-11-3-1-2-4-12-19;3-1(4)2(5)6/h5-8H,1-4,9-13H2,(H,18,20);(H,3,4)(H,5,6). The summed E-state index contributed by atoms with van der Waals surface area (Å²) in [6.45, 7) is 3.18. The first-order chi connectivity index (χ1) is 12.4. The lowest BCUT2D eigenvalue weighted by atomic mass is 10.1. The van der Waals surface area contributed by atoms with Gasteiger partial charge in [-0.15, -0.1) is 0 Å². The molecular formula is C18H25FN2O5. The minimum atomic E-state index is -1.82. The zero-order chi connectivity index (χ0) is 19.4. The van der Waals surface area contributed by atoms with Crippen LogP contribution in [0.25, 0.3) is 0 Å². The number of aliphatic carboxylic acids is 2. The molecule has 1 aliphatic rings. The lowest BCUT2D eigenvalue weighted by Gasteiger charge is -2.18. The molecule has 0 spiro atoms. The molecule has 1 fully saturated rings. The van der Waals surface area contributed by atoms with E-state index in [1.54, 1.807) is 12.1 Å². The molecule has 0 aromatic heterocycles. The van der Waals surface area contributed by atoms with Crippen LogP contribution >= 0.6 is 0 Å². The van der Waals surface area contributed by atoms with E-state index in [-0.39, 0.29) is 11.7 Å². The van der Waals surface area contributed by atoms with Gasteiger partial charge in [-0.25, -0.2) is 14.0 Å². The number of likely N-dealkylation sites (tertiary alicyclic amines) is 1. The molecule has 0 unspecified atom stereocenters. The molecular weight excluding hydrogens is 343 g/mol. The lowest BCUT2D eigenvalue weighted by Crippen LogP contribution is -2.38. The topological polar surface area (TPSA) is 107 Å². The quantitative estimate of drug-likeness (QED) is 0.680. The number of carboxylic acid groups (broad SMARTS) is 2. The summed E-state index contributed by atoms with van der Waals surface area (Å²) in [5.74, 6) is -3.78. The second kappa shape index (κ2) is 12.0. The van der Waals surface area contributed by atoms with Gasteiger partial charge in [0.1, 0.15) is 5.82 Å². The smallest absolute Gasteiger partial charge is 0.414 e. The van der Waals surface area contributed by atoms with Gasteiger partial charge in [-0.05, 0) is 50.0 Å². The van der Waals surface area contributed by atoms with Crippen molar-refractivity contribution in [2.24, 2.45) is 0 Å². The summed E-state index contributed by atoms with van der Waals surface area (Å²) in [6, 6.07) is 6.43. The molecule has 1 aliphatic heterocycles. The molecule has 2 rings (SSSR count). The van der Waals surface area contributed by atoms with Gasteiger partial charge in [-0.2, -0.15) is 0 Å². The van der Waals surface area contributed by atoms with Crippen LogP contribution in [-0.4, -0.2) is 59.1 Å². The monoisotopic (exact) mass is 368 g/mol. The third-order valence-electron chi connectivity index (χ3n) is 3.90. The number of carboxylic acids is 2. The van der Waals surface area contributed by atoms with Crippen molar-refractivity contribution in [2.75, 3.05) is 26.2 Å². The molecule has 3 N–H and O–H groups in total. The van der Waals surface area contributed by atoms with Crippen LogP contribution in [0.5, 0.6) is 0 Å². The summed E-state index contributed by atoms with van der Waals surface area (Å²) in [5, 5.41) is 17.7. The van der Waals surface area contributed by atoms with E-state index < -0.39 is 11.9 Å². The Bertz CT molecular complexity index is 572. The maximum absolute atomic E-state index is 12.8. The van der Waals surface area contributed by atoms with Crippen molar-refractivity contribution in [1.82, 2.24) is 10.2 Å². The Kier molecular flexibility index (Phi) is 9.93. The number of rotatable bonds is 5. The Morgan fingerprint density at radius 1 is 0.962 bits per heavy atom. The van der Waals surface area contributed by atoms with Crippen molar-refractivity contribution >= 4 is 17.8 Å². The Hall–Kier alpha value is -2.48. The number of carbonyl (C=O) groups excluding carboxylic acids is 1. The highest BCUT2D eigenvalue weighted by Crippen LogP contribution is 2.09. The summed E-state index contributed by atoms with van der Waals surface area (Å²) in [6.07, 6.45) is 5.70. The van der Waals surface area contributed by atoms with E-state index in [0.29, 0.717) is 13.1 Å². The SMILES string of the molecule is O=C(CN1CCCCCC1)NCCc1ccc(F)cc1.O=C(O)C(=O)O. The predicted molar refractivity (Wildman–Crippen MR) is 93.3 cm³/mol. The molecule has 1 aromatic carbocycles. The van der Waals surface area contributed by atoms with E-state index in [4.69, 9.17) is 19.8 Å². The van der Waals surface area contributed by atoms with Crippen LogP contribution in [0.2, 0.25) is 0 Å². The summed E-state index contributed by atoms with van der Waals surface area (Å²) >= 11 is 0. The third-order valence-corrected chi connectivity index (χ3v) is 3.90. The average molecular weight is 368 g/mol. The molecule has 0 bridgehead atoms. The molecule has 1 aromatic rings. The Labute approximate surface area is 151 Å². The maximum atomic E-state index is 12.8. The van der Waals surface area contributed by atoms with Crippen molar-refractivity contribution < 1.29 is 29.0 Å². The predicted octanol–water partition coefficient (Wildman–Crippen LogP) is 1.52. The van der Waals surface area contributed by atoms with Crippen molar-refractivity contribution in [1.29, 1.82) is 0 Å². The third kappa shape index (κ3) is 9.73. The number of amides is 1. The van der Waals surface area contributed by atoms with E-state index in [0.717, 1.165) is 25.1 Å². The van der Waals surface area contributed by atoms with E-state index in [9.17, 15) is 9.18 Å². The van der Waals surface area contributed by atoms with Crippen LogP contribution in [0.4, 0.5) is 4.39 Å². The van der Waals surface area contributed by atoms with Crippen LogP contribution in [0.1, 0.15) is 31.2 Å². The molecule has 26 heavy (non-hydrogen) atoms. The van der Waals surface area contributed by atoms with Gasteiger partial charge < -0.3 is 15.5 Å². The Morgan fingerprint density at radius 2 is 1.50 bits per heavy atom. The summed E-state index contributed by atoms with van der Waals surface area (Å²) in [7, 11) is 0. The maximum Gasteiger partial charge on any atom is 0.414 e. The minimum Gasteiger partial charge on any atom is -0.473 e. The number of hydrogen-bond donors (Lipinski definition) is 3. The number of carbonyl (C=O) groups is 3. The van der Waals surface area contributed by atoms with Gasteiger partial charge in [-0.3, -0.25) is 9.69 Å². The second-order valence-corrected chi connectivity index (χ2v) is 6.03. The Balaban J connectivity index is 0.000000487. The lowest BCUT2D eigenvalue weighted by molar-refractivity contribution is -0.159. The van der Waals surface area contributed by atoms with E-state index >= 15 is 0 Å². The molecule has 0 radical (unpaired) electrons. The zero-order valence-corrected chi connectivity index (χ0v) is 14.6. The summed E-state index contributed by atoms with van der Waals surface area (Å²) < 4.78 is 12.8. The van der Waals surface area contributed by atoms with Crippen molar-refractivity contribution in [3.8, 4) is 0 Å². The van der Waals surface area contributed by atoms with E-state index in [1.165, 1.54) is 37.8 Å². The van der Waals surface area contributed by atoms with Gasteiger partial charge in [0.2, 0.25) is 5.91 Å². The molecule has 1 heterocycles. The number of halogens is 1. The summed E-state index contributed by atoms with van der Waals surface area (Å²) in [4.78, 5) is 32.3. The molecule has 144 valence electrons. The van der Waals surface area contributed by atoms with Crippen LogP contribution in [-0.2, 0) is 20.8 Å². The number of nitrogens with one attached hydrogen (secondary N) is 1. The first-order valence-corrected chi connectivity index (χ1v) is 8.58. The van der Waals surface area contributed by atoms with Crippen molar-refractivity contribution in [2.45, 2.75) is 32.1 Å². The van der Waals surface area contributed by atoms with E-state index in [2.05, 4.69) is 10.2 Å². The van der Waals surface area contributed by atoms with Crippen LogP contribution in [0, 0.1) is 5.82 Å². The number of benzene rings is 1. The highest BCUT2D eigenvalue weighted by molar-refractivity contribution is 6.27. The van der Waals surface area contributed by atoms with Crippen LogP contribution < -0.4 is 5.32 Å². The average Bonchev–Trinajstić information content (AvgIpc) is 2.86. The van der Waals surface area contributed by atoms with Gasteiger partial charge in [0.15, 0.2) is 0 Å². The largest absolute Gasteiger partial charge is 0.473 e.